The second-order valence-electron chi connectivity index (χ2n) is 7.62. The second-order valence-corrected chi connectivity index (χ2v) is 8.18. The van der Waals surface area contributed by atoms with Crippen LogP contribution >= 0.6 is 15.9 Å². The van der Waals surface area contributed by atoms with Crippen LogP contribution in [0.1, 0.15) is 41.1 Å². The number of likely N-dealkylation sites (N-methyl/N-ethyl adjacent to an activating group) is 1. The molecule has 4 rings (SSSR count). The number of carbonyl (C=O) groups is 2. The first-order valence-electron chi connectivity index (χ1n) is 9.76. The van der Waals surface area contributed by atoms with E-state index in [1.807, 2.05) is 0 Å². The Hall–Kier alpha value is -3.12. The van der Waals surface area contributed by atoms with Crippen LogP contribution in [0.5, 0.6) is 0 Å². The summed E-state index contributed by atoms with van der Waals surface area (Å²) in [6.45, 7) is 0. The van der Waals surface area contributed by atoms with Crippen molar-refractivity contribution in [1.29, 1.82) is 5.26 Å². The maximum atomic E-state index is 13.4. The van der Waals surface area contributed by atoms with Gasteiger partial charge in [0.2, 0.25) is 0 Å². The van der Waals surface area contributed by atoms with Gasteiger partial charge in [-0.15, -0.1) is 0 Å². The van der Waals surface area contributed by atoms with E-state index in [0.29, 0.717) is 27.7 Å². The molecule has 0 fully saturated rings. The maximum Gasteiger partial charge on any atom is 0.416 e. The zero-order valence-electron chi connectivity index (χ0n) is 16.9. The number of nitrogens with zero attached hydrogens (tertiary/aromatic N) is 3. The Morgan fingerprint density at radius 1 is 1.16 bits per heavy atom. The largest absolute Gasteiger partial charge is 0.416 e. The van der Waals surface area contributed by atoms with Gasteiger partial charge in [0, 0.05) is 30.1 Å². The van der Waals surface area contributed by atoms with Gasteiger partial charge in [0.15, 0.2) is 5.78 Å². The van der Waals surface area contributed by atoms with Crippen LogP contribution in [-0.2, 0) is 16.3 Å². The molecule has 0 radical (unpaired) electrons. The minimum atomic E-state index is -4.56. The van der Waals surface area contributed by atoms with E-state index in [2.05, 4.69) is 22.0 Å². The highest BCUT2D eigenvalue weighted by atomic mass is 79.9. The molecule has 0 spiro atoms. The number of amides is 2. The second kappa shape index (κ2) is 8.10. The summed E-state index contributed by atoms with van der Waals surface area (Å²) in [4.78, 5) is 28.9. The van der Waals surface area contributed by atoms with Gasteiger partial charge in [-0.2, -0.15) is 18.4 Å². The van der Waals surface area contributed by atoms with Gasteiger partial charge in [0.05, 0.1) is 28.9 Å². The van der Waals surface area contributed by atoms with Crippen molar-refractivity contribution >= 4 is 33.4 Å². The highest BCUT2D eigenvalue weighted by Gasteiger charge is 2.45. The number of Topliss-reactive ketones (excluding diaryl/α,β-unsaturated/α-hetero) is 1. The van der Waals surface area contributed by atoms with Gasteiger partial charge in [-0.05, 0) is 47.9 Å². The van der Waals surface area contributed by atoms with E-state index in [1.54, 1.807) is 18.2 Å². The molecule has 1 heterocycles. The van der Waals surface area contributed by atoms with Crippen LogP contribution in [-0.4, -0.2) is 23.8 Å². The number of urea groups is 1. The number of anilines is 1. The number of nitriles is 1. The number of allylic oxidation sites excluding steroid dienone is 1. The molecule has 2 aromatic rings. The van der Waals surface area contributed by atoms with Gasteiger partial charge in [0.25, 0.3) is 0 Å². The zero-order valence-corrected chi connectivity index (χ0v) is 18.5. The lowest BCUT2D eigenvalue weighted by atomic mass is 9.89. The first-order valence-corrected chi connectivity index (χ1v) is 10.9. The lowest BCUT2D eigenvalue weighted by molar-refractivity contribution is -0.137. The molecule has 1 aliphatic carbocycles. The molecule has 164 valence electrons. The Morgan fingerprint density at radius 2 is 1.91 bits per heavy atom. The molecule has 1 aliphatic heterocycles. The third kappa shape index (κ3) is 3.58. The van der Waals surface area contributed by atoms with Crippen LogP contribution < -0.4 is 4.90 Å². The van der Waals surface area contributed by atoms with Crippen molar-refractivity contribution < 1.29 is 22.8 Å². The van der Waals surface area contributed by atoms with E-state index in [0.717, 1.165) is 17.7 Å². The number of rotatable bonds is 3. The monoisotopic (exact) mass is 503 g/mol. The highest BCUT2D eigenvalue weighted by molar-refractivity contribution is 9.08. The Kier molecular flexibility index (Phi) is 5.59. The van der Waals surface area contributed by atoms with Gasteiger partial charge in [0.1, 0.15) is 0 Å². The van der Waals surface area contributed by atoms with Crippen LogP contribution in [0.25, 0.3) is 0 Å². The van der Waals surface area contributed by atoms with E-state index >= 15 is 0 Å². The first-order chi connectivity index (χ1) is 15.2. The zero-order chi connectivity index (χ0) is 23.2. The van der Waals surface area contributed by atoms with Crippen molar-refractivity contribution in [2.45, 2.75) is 30.4 Å². The van der Waals surface area contributed by atoms with Crippen LogP contribution in [0.4, 0.5) is 23.7 Å². The van der Waals surface area contributed by atoms with E-state index in [9.17, 15) is 28.0 Å². The van der Waals surface area contributed by atoms with Crippen molar-refractivity contribution in [3.05, 3.63) is 76.0 Å². The minimum Gasteiger partial charge on any atom is -0.316 e. The fourth-order valence-corrected chi connectivity index (χ4v) is 4.78. The molecule has 0 N–H and O–H groups in total. The Bertz CT molecular complexity index is 1200. The number of ketones is 1. The Morgan fingerprint density at radius 3 is 2.56 bits per heavy atom. The predicted octanol–water partition coefficient (Wildman–Crippen LogP) is 5.70. The molecule has 2 aromatic carbocycles. The van der Waals surface area contributed by atoms with E-state index < -0.39 is 23.8 Å². The molecule has 0 saturated carbocycles. The SMILES string of the molecule is CN1C(=O)N(c2cccc(C(F)(F)F)c2)C2=C(C(=O)CC2)C1c1ccc(C#N)cc1CBr. The topological polar surface area (TPSA) is 64.4 Å². The van der Waals surface area contributed by atoms with E-state index in [-0.39, 0.29) is 24.3 Å². The van der Waals surface area contributed by atoms with Crippen LogP contribution in [0.3, 0.4) is 0 Å². The van der Waals surface area contributed by atoms with Crippen molar-refractivity contribution in [2.24, 2.45) is 0 Å². The lowest BCUT2D eigenvalue weighted by Gasteiger charge is -2.41. The standard InChI is InChI=1S/C23H17BrF3N3O2/c1-29-21(17-6-5-13(12-28)9-14(17)11-24)20-18(7-8-19(20)31)30(22(29)32)16-4-2-3-15(10-16)23(25,26)27/h2-6,9-10,21H,7-8,11H2,1H3. The van der Waals surface area contributed by atoms with Gasteiger partial charge >= 0.3 is 12.2 Å². The molecule has 0 bridgehead atoms. The summed E-state index contributed by atoms with van der Waals surface area (Å²) in [6, 6.07) is 10.5. The molecule has 0 aromatic heterocycles. The number of halogens is 4. The fraction of sp³-hybridized carbons (Fsp3) is 0.261. The summed E-state index contributed by atoms with van der Waals surface area (Å²) < 4.78 is 39.8. The van der Waals surface area contributed by atoms with Gasteiger partial charge in [-0.3, -0.25) is 9.69 Å². The normalized spacial score (nSPS) is 18.8. The predicted molar refractivity (Wildman–Crippen MR) is 115 cm³/mol. The molecular weight excluding hydrogens is 487 g/mol. The molecule has 2 amide bonds. The fourth-order valence-electron chi connectivity index (χ4n) is 4.29. The van der Waals surface area contributed by atoms with E-state index in [4.69, 9.17) is 0 Å². The summed E-state index contributed by atoms with van der Waals surface area (Å²) in [6.07, 6.45) is -4.11. The number of hydrogen-bond acceptors (Lipinski definition) is 3. The molecule has 9 heteroatoms. The molecule has 1 atom stereocenters. The van der Waals surface area contributed by atoms with Crippen LogP contribution in [0.15, 0.2) is 53.7 Å². The molecule has 1 unspecified atom stereocenters. The number of benzene rings is 2. The molecule has 32 heavy (non-hydrogen) atoms. The van der Waals surface area contributed by atoms with Crippen LogP contribution in [0, 0.1) is 11.3 Å². The average molecular weight is 504 g/mol. The van der Waals surface area contributed by atoms with Crippen molar-refractivity contribution in [3.8, 4) is 6.07 Å². The number of hydrogen-bond donors (Lipinski definition) is 0. The van der Waals surface area contributed by atoms with Crippen LogP contribution in [0.2, 0.25) is 0 Å². The third-order valence-electron chi connectivity index (χ3n) is 5.77. The minimum absolute atomic E-state index is 0.0675. The van der Waals surface area contributed by atoms with Gasteiger partial charge in [-0.1, -0.05) is 28.1 Å². The molecular formula is C23H17BrF3N3O2. The summed E-state index contributed by atoms with van der Waals surface area (Å²) >= 11 is 3.41. The van der Waals surface area contributed by atoms with Gasteiger partial charge in [-0.25, -0.2) is 4.79 Å². The average Bonchev–Trinajstić information content (AvgIpc) is 3.14. The number of carbonyl (C=O) groups excluding carboxylic acids is 2. The van der Waals surface area contributed by atoms with E-state index in [1.165, 1.54) is 29.0 Å². The first kappa shape index (κ1) is 22.1. The van der Waals surface area contributed by atoms with Crippen molar-refractivity contribution in [2.75, 3.05) is 11.9 Å². The summed E-state index contributed by atoms with van der Waals surface area (Å²) in [7, 11) is 1.53. The summed E-state index contributed by atoms with van der Waals surface area (Å²) in [5.74, 6) is -0.147. The summed E-state index contributed by atoms with van der Waals surface area (Å²) in [5, 5.41) is 9.61. The van der Waals surface area contributed by atoms with Crippen molar-refractivity contribution in [1.82, 2.24) is 4.90 Å². The Balaban J connectivity index is 1.89. The molecule has 0 saturated heterocycles. The van der Waals surface area contributed by atoms with Gasteiger partial charge < -0.3 is 4.90 Å². The Labute approximate surface area is 190 Å². The molecule has 5 nitrogen and oxygen atoms in total. The van der Waals surface area contributed by atoms with Crippen molar-refractivity contribution in [3.63, 3.8) is 0 Å². The third-order valence-corrected chi connectivity index (χ3v) is 6.37. The maximum absolute atomic E-state index is 13.4. The lowest BCUT2D eigenvalue weighted by Crippen LogP contribution is -2.48. The highest BCUT2D eigenvalue weighted by Crippen LogP contribution is 2.45. The summed E-state index contributed by atoms with van der Waals surface area (Å²) in [5.41, 5.74) is 1.93. The number of alkyl halides is 4. The quantitative estimate of drug-likeness (QED) is 0.504. The molecule has 2 aliphatic rings. The smallest absolute Gasteiger partial charge is 0.316 e.